The SMILES string of the molecule is CCN(CC)CC(C)NCc1ccc(Cl)c(Br)c1. The highest BCUT2D eigenvalue weighted by molar-refractivity contribution is 9.10. The third kappa shape index (κ3) is 5.27. The molecule has 0 heterocycles. The van der Waals surface area contributed by atoms with Gasteiger partial charge in [-0.05, 0) is 53.6 Å². The van der Waals surface area contributed by atoms with E-state index in [9.17, 15) is 0 Å². The van der Waals surface area contributed by atoms with Crippen LogP contribution in [0.1, 0.15) is 26.3 Å². The fourth-order valence-electron chi connectivity index (χ4n) is 1.88. The third-order valence-electron chi connectivity index (χ3n) is 3.07. The maximum Gasteiger partial charge on any atom is 0.0548 e. The molecule has 102 valence electrons. The Balaban J connectivity index is 2.42. The van der Waals surface area contributed by atoms with Crippen LogP contribution in [0.3, 0.4) is 0 Å². The monoisotopic (exact) mass is 332 g/mol. The average molecular weight is 334 g/mol. The van der Waals surface area contributed by atoms with Gasteiger partial charge in [0.25, 0.3) is 0 Å². The molecule has 0 spiro atoms. The van der Waals surface area contributed by atoms with Crippen LogP contribution >= 0.6 is 27.5 Å². The molecule has 0 aliphatic heterocycles. The van der Waals surface area contributed by atoms with Gasteiger partial charge in [0.05, 0.1) is 5.02 Å². The Bertz CT molecular complexity index is 367. The summed E-state index contributed by atoms with van der Waals surface area (Å²) in [5, 5.41) is 4.30. The minimum absolute atomic E-state index is 0.486. The largest absolute Gasteiger partial charge is 0.309 e. The second-order valence-electron chi connectivity index (χ2n) is 4.52. The van der Waals surface area contributed by atoms with Crippen LogP contribution in [0.15, 0.2) is 22.7 Å². The first-order chi connectivity index (χ1) is 8.56. The predicted molar refractivity (Wildman–Crippen MR) is 83.2 cm³/mol. The van der Waals surface area contributed by atoms with E-state index >= 15 is 0 Å². The van der Waals surface area contributed by atoms with Gasteiger partial charge in [-0.1, -0.05) is 31.5 Å². The van der Waals surface area contributed by atoms with E-state index in [4.69, 9.17) is 11.6 Å². The summed E-state index contributed by atoms with van der Waals surface area (Å²) in [6.07, 6.45) is 0. The molecular formula is C14H22BrClN2. The molecule has 0 amide bonds. The van der Waals surface area contributed by atoms with Crippen LogP contribution < -0.4 is 5.32 Å². The van der Waals surface area contributed by atoms with Gasteiger partial charge in [0, 0.05) is 23.6 Å². The van der Waals surface area contributed by atoms with E-state index in [1.54, 1.807) is 0 Å². The topological polar surface area (TPSA) is 15.3 Å². The fraction of sp³-hybridized carbons (Fsp3) is 0.571. The van der Waals surface area contributed by atoms with Crippen LogP contribution in [0.4, 0.5) is 0 Å². The van der Waals surface area contributed by atoms with Gasteiger partial charge in [-0.25, -0.2) is 0 Å². The number of likely N-dealkylation sites (N-methyl/N-ethyl adjacent to an activating group) is 1. The van der Waals surface area contributed by atoms with Crippen LogP contribution in [-0.2, 0) is 6.54 Å². The standard InChI is InChI=1S/C14H22BrClN2/c1-4-18(5-2)10-11(3)17-9-12-6-7-14(16)13(15)8-12/h6-8,11,17H,4-5,9-10H2,1-3H3. The number of hydrogen-bond donors (Lipinski definition) is 1. The van der Waals surface area contributed by atoms with E-state index in [0.717, 1.165) is 35.7 Å². The number of hydrogen-bond acceptors (Lipinski definition) is 2. The molecule has 1 atom stereocenters. The molecule has 1 rings (SSSR count). The van der Waals surface area contributed by atoms with Crippen molar-refractivity contribution in [3.63, 3.8) is 0 Å². The maximum absolute atomic E-state index is 5.98. The summed E-state index contributed by atoms with van der Waals surface area (Å²) >= 11 is 9.42. The summed E-state index contributed by atoms with van der Waals surface area (Å²) in [6.45, 7) is 10.8. The van der Waals surface area contributed by atoms with Crippen LogP contribution in [-0.4, -0.2) is 30.6 Å². The van der Waals surface area contributed by atoms with Gasteiger partial charge in [0.2, 0.25) is 0 Å². The first-order valence-corrected chi connectivity index (χ1v) is 7.63. The van der Waals surface area contributed by atoms with Gasteiger partial charge in [0.1, 0.15) is 0 Å². The van der Waals surface area contributed by atoms with Gasteiger partial charge in [-0.2, -0.15) is 0 Å². The van der Waals surface area contributed by atoms with Crippen LogP contribution in [0, 0.1) is 0 Å². The Morgan fingerprint density at radius 2 is 2.00 bits per heavy atom. The van der Waals surface area contributed by atoms with Crippen LogP contribution in [0.25, 0.3) is 0 Å². The lowest BCUT2D eigenvalue weighted by Gasteiger charge is -2.23. The first kappa shape index (κ1) is 16.0. The van der Waals surface area contributed by atoms with Crippen molar-refractivity contribution in [2.24, 2.45) is 0 Å². The minimum Gasteiger partial charge on any atom is -0.309 e. The first-order valence-electron chi connectivity index (χ1n) is 6.46. The normalized spacial score (nSPS) is 13.0. The Hall–Kier alpha value is -0.0900. The molecule has 1 N–H and O–H groups in total. The molecular weight excluding hydrogens is 312 g/mol. The van der Waals surface area contributed by atoms with Gasteiger partial charge >= 0.3 is 0 Å². The van der Waals surface area contributed by atoms with Crippen molar-refractivity contribution in [3.05, 3.63) is 33.3 Å². The van der Waals surface area contributed by atoms with Crippen molar-refractivity contribution in [3.8, 4) is 0 Å². The summed E-state index contributed by atoms with van der Waals surface area (Å²) in [6, 6.07) is 6.54. The molecule has 0 bridgehead atoms. The Morgan fingerprint density at radius 3 is 2.56 bits per heavy atom. The van der Waals surface area contributed by atoms with E-state index in [1.165, 1.54) is 5.56 Å². The summed E-state index contributed by atoms with van der Waals surface area (Å²) in [4.78, 5) is 2.43. The zero-order valence-corrected chi connectivity index (χ0v) is 13.7. The van der Waals surface area contributed by atoms with Crippen molar-refractivity contribution in [1.82, 2.24) is 10.2 Å². The van der Waals surface area contributed by atoms with Crippen molar-refractivity contribution in [2.75, 3.05) is 19.6 Å². The van der Waals surface area contributed by atoms with Crippen molar-refractivity contribution in [1.29, 1.82) is 0 Å². The maximum atomic E-state index is 5.98. The lowest BCUT2D eigenvalue weighted by atomic mass is 10.2. The lowest BCUT2D eigenvalue weighted by Crippen LogP contribution is -2.38. The molecule has 0 saturated heterocycles. The van der Waals surface area contributed by atoms with Gasteiger partial charge in [0.15, 0.2) is 0 Å². The fourth-order valence-corrected chi connectivity index (χ4v) is 2.42. The Morgan fingerprint density at radius 1 is 1.33 bits per heavy atom. The third-order valence-corrected chi connectivity index (χ3v) is 4.28. The van der Waals surface area contributed by atoms with Crippen LogP contribution in [0.5, 0.6) is 0 Å². The highest BCUT2D eigenvalue weighted by Gasteiger charge is 2.07. The second kappa shape index (κ2) is 8.16. The van der Waals surface area contributed by atoms with E-state index in [-0.39, 0.29) is 0 Å². The molecule has 2 nitrogen and oxygen atoms in total. The highest BCUT2D eigenvalue weighted by Crippen LogP contribution is 2.23. The predicted octanol–water partition coefficient (Wildman–Crippen LogP) is 3.92. The van der Waals surface area contributed by atoms with Gasteiger partial charge < -0.3 is 10.2 Å². The molecule has 0 saturated carbocycles. The van der Waals surface area contributed by atoms with Crippen LogP contribution in [0.2, 0.25) is 5.02 Å². The van der Waals surface area contributed by atoms with Gasteiger partial charge in [-0.15, -0.1) is 0 Å². The number of nitrogens with zero attached hydrogens (tertiary/aromatic N) is 1. The average Bonchev–Trinajstić information content (AvgIpc) is 2.37. The summed E-state index contributed by atoms with van der Waals surface area (Å²) in [5.74, 6) is 0. The zero-order chi connectivity index (χ0) is 13.5. The molecule has 0 aliphatic rings. The molecule has 0 radical (unpaired) electrons. The summed E-state index contributed by atoms with van der Waals surface area (Å²) < 4.78 is 0.958. The smallest absolute Gasteiger partial charge is 0.0548 e. The Labute approximate surface area is 124 Å². The van der Waals surface area contributed by atoms with E-state index in [0.29, 0.717) is 6.04 Å². The summed E-state index contributed by atoms with van der Waals surface area (Å²) in [5.41, 5.74) is 1.25. The summed E-state index contributed by atoms with van der Waals surface area (Å²) in [7, 11) is 0. The molecule has 0 aromatic heterocycles. The second-order valence-corrected chi connectivity index (χ2v) is 5.78. The molecule has 1 aromatic carbocycles. The molecule has 4 heteroatoms. The van der Waals surface area contributed by atoms with E-state index in [1.807, 2.05) is 6.07 Å². The number of nitrogens with one attached hydrogen (secondary N) is 1. The van der Waals surface area contributed by atoms with E-state index < -0.39 is 0 Å². The lowest BCUT2D eigenvalue weighted by molar-refractivity contribution is 0.270. The Kier molecular flexibility index (Phi) is 7.23. The molecule has 18 heavy (non-hydrogen) atoms. The van der Waals surface area contributed by atoms with E-state index in [2.05, 4.69) is 59.1 Å². The molecule has 1 unspecified atom stereocenters. The molecule has 0 aliphatic carbocycles. The van der Waals surface area contributed by atoms with Gasteiger partial charge in [-0.3, -0.25) is 0 Å². The van der Waals surface area contributed by atoms with Crippen molar-refractivity contribution >= 4 is 27.5 Å². The number of halogens is 2. The zero-order valence-electron chi connectivity index (χ0n) is 11.3. The van der Waals surface area contributed by atoms with Crippen molar-refractivity contribution in [2.45, 2.75) is 33.4 Å². The van der Waals surface area contributed by atoms with Crippen molar-refractivity contribution < 1.29 is 0 Å². The number of benzene rings is 1. The highest BCUT2D eigenvalue weighted by atomic mass is 79.9. The quantitative estimate of drug-likeness (QED) is 0.813. The minimum atomic E-state index is 0.486. The number of rotatable bonds is 7. The molecule has 1 aromatic rings. The molecule has 0 fully saturated rings.